The summed E-state index contributed by atoms with van der Waals surface area (Å²) in [7, 11) is 1.50. The molecule has 7 heteroatoms. The van der Waals surface area contributed by atoms with Gasteiger partial charge in [0.2, 0.25) is 11.8 Å². The van der Waals surface area contributed by atoms with E-state index in [9.17, 15) is 14.4 Å². The van der Waals surface area contributed by atoms with Crippen LogP contribution in [-0.2, 0) is 20.9 Å². The zero-order chi connectivity index (χ0) is 18.3. The third kappa shape index (κ3) is 6.37. The molecule has 0 aromatic heterocycles. The van der Waals surface area contributed by atoms with Gasteiger partial charge in [-0.1, -0.05) is 20.8 Å². The van der Waals surface area contributed by atoms with Crippen LogP contribution in [0.2, 0.25) is 0 Å². The minimum Gasteiger partial charge on any atom is -0.478 e. The maximum atomic E-state index is 12.0. The summed E-state index contributed by atoms with van der Waals surface area (Å²) >= 11 is 0. The van der Waals surface area contributed by atoms with E-state index in [4.69, 9.17) is 9.84 Å². The molecule has 0 aliphatic carbocycles. The highest BCUT2D eigenvalue weighted by molar-refractivity contribution is 5.94. The van der Waals surface area contributed by atoms with Gasteiger partial charge in [-0.25, -0.2) is 4.79 Å². The highest BCUT2D eigenvalue weighted by Crippen LogP contribution is 2.16. The van der Waals surface area contributed by atoms with E-state index >= 15 is 0 Å². The van der Waals surface area contributed by atoms with E-state index in [1.54, 1.807) is 26.8 Å². The van der Waals surface area contributed by atoms with Crippen molar-refractivity contribution in [2.75, 3.05) is 19.0 Å². The van der Waals surface area contributed by atoms with Crippen molar-refractivity contribution < 1.29 is 24.2 Å². The molecule has 1 aromatic carbocycles. The summed E-state index contributed by atoms with van der Waals surface area (Å²) in [5.41, 5.74) is 0.588. The van der Waals surface area contributed by atoms with Crippen LogP contribution in [0.1, 0.15) is 43.1 Å². The van der Waals surface area contributed by atoms with E-state index in [2.05, 4.69) is 10.6 Å². The normalized spacial score (nSPS) is 11.0. The molecule has 1 aromatic rings. The average molecular weight is 336 g/mol. The van der Waals surface area contributed by atoms with Crippen LogP contribution in [0.4, 0.5) is 5.69 Å². The van der Waals surface area contributed by atoms with Gasteiger partial charge in [0.1, 0.15) is 0 Å². The Balaban J connectivity index is 2.66. The van der Waals surface area contributed by atoms with E-state index in [-0.39, 0.29) is 37.0 Å². The van der Waals surface area contributed by atoms with Crippen LogP contribution in [0.3, 0.4) is 0 Å². The fraction of sp³-hybridized carbons (Fsp3) is 0.471. The Hall–Kier alpha value is -2.41. The van der Waals surface area contributed by atoms with Gasteiger partial charge >= 0.3 is 5.97 Å². The molecule has 24 heavy (non-hydrogen) atoms. The van der Waals surface area contributed by atoms with E-state index in [1.165, 1.54) is 19.2 Å². The molecule has 1 rings (SSSR count). The van der Waals surface area contributed by atoms with Crippen molar-refractivity contribution in [3.63, 3.8) is 0 Å². The topological polar surface area (TPSA) is 105 Å². The predicted octanol–water partition coefficient (Wildman–Crippen LogP) is 2.02. The van der Waals surface area contributed by atoms with Gasteiger partial charge in [-0.3, -0.25) is 9.59 Å². The molecule has 0 heterocycles. The zero-order valence-corrected chi connectivity index (χ0v) is 14.4. The minimum absolute atomic E-state index is 0.0703. The average Bonchev–Trinajstić information content (AvgIpc) is 2.46. The summed E-state index contributed by atoms with van der Waals surface area (Å²) in [6.45, 7) is 5.82. The monoisotopic (exact) mass is 336 g/mol. The number of amides is 2. The standard InChI is InChI=1S/C17H24N2O5/c1-17(2,3)16(23)18-6-5-14(20)19-13-8-11(10-24-4)7-12(9-13)15(21)22/h7-9H,5-6,10H2,1-4H3,(H,18,23)(H,19,20)(H,21,22). The third-order valence-electron chi connectivity index (χ3n) is 3.15. The molecule has 0 bridgehead atoms. The van der Waals surface area contributed by atoms with Crippen molar-refractivity contribution >= 4 is 23.5 Å². The van der Waals surface area contributed by atoms with Crippen LogP contribution < -0.4 is 10.6 Å². The van der Waals surface area contributed by atoms with Crippen LogP contribution in [0.5, 0.6) is 0 Å². The van der Waals surface area contributed by atoms with Crippen molar-refractivity contribution in [2.45, 2.75) is 33.8 Å². The molecular formula is C17H24N2O5. The van der Waals surface area contributed by atoms with Crippen molar-refractivity contribution in [3.8, 4) is 0 Å². The van der Waals surface area contributed by atoms with Crippen molar-refractivity contribution in [1.82, 2.24) is 5.32 Å². The summed E-state index contributed by atoms with van der Waals surface area (Å²) in [5, 5.41) is 14.4. The number of ether oxygens (including phenoxy) is 1. The first-order valence-electron chi connectivity index (χ1n) is 7.58. The Morgan fingerprint density at radius 2 is 1.83 bits per heavy atom. The number of benzene rings is 1. The van der Waals surface area contributed by atoms with Crippen LogP contribution in [0.15, 0.2) is 18.2 Å². The second-order valence-electron chi connectivity index (χ2n) is 6.46. The summed E-state index contributed by atoms with van der Waals surface area (Å²) in [4.78, 5) is 34.8. The molecule has 0 unspecified atom stereocenters. The molecular weight excluding hydrogens is 312 g/mol. The summed E-state index contributed by atoms with van der Waals surface area (Å²) in [6.07, 6.45) is 0.0960. The lowest BCUT2D eigenvalue weighted by molar-refractivity contribution is -0.128. The molecule has 0 aliphatic rings. The van der Waals surface area contributed by atoms with Gasteiger partial charge in [-0.05, 0) is 23.8 Å². The molecule has 0 aliphatic heterocycles. The number of rotatable bonds is 7. The number of nitrogens with one attached hydrogen (secondary N) is 2. The zero-order valence-electron chi connectivity index (χ0n) is 14.4. The Morgan fingerprint density at radius 1 is 1.17 bits per heavy atom. The highest BCUT2D eigenvalue weighted by atomic mass is 16.5. The predicted molar refractivity (Wildman–Crippen MR) is 89.8 cm³/mol. The second kappa shape index (κ2) is 8.44. The molecule has 0 atom stereocenters. The highest BCUT2D eigenvalue weighted by Gasteiger charge is 2.20. The number of anilines is 1. The molecule has 0 fully saturated rings. The van der Waals surface area contributed by atoms with Gasteiger partial charge in [0.25, 0.3) is 0 Å². The first-order chi connectivity index (χ1) is 11.1. The van der Waals surface area contributed by atoms with E-state index < -0.39 is 11.4 Å². The lowest BCUT2D eigenvalue weighted by Gasteiger charge is -2.17. The molecule has 7 nitrogen and oxygen atoms in total. The number of aromatic carboxylic acids is 1. The fourth-order valence-electron chi connectivity index (χ4n) is 1.92. The van der Waals surface area contributed by atoms with Crippen LogP contribution in [0.25, 0.3) is 0 Å². The van der Waals surface area contributed by atoms with Crippen LogP contribution >= 0.6 is 0 Å². The van der Waals surface area contributed by atoms with Crippen LogP contribution in [0, 0.1) is 5.41 Å². The minimum atomic E-state index is -1.08. The lowest BCUT2D eigenvalue weighted by atomic mass is 9.96. The van der Waals surface area contributed by atoms with Gasteiger partial charge in [0.05, 0.1) is 12.2 Å². The molecule has 0 radical (unpaired) electrons. The number of carbonyl (C=O) groups excluding carboxylic acids is 2. The second-order valence-corrected chi connectivity index (χ2v) is 6.46. The molecule has 3 N–H and O–H groups in total. The van der Waals surface area contributed by atoms with Gasteiger partial charge in [-0.15, -0.1) is 0 Å². The number of carboxylic acids is 1. The number of carbonyl (C=O) groups is 3. The van der Waals surface area contributed by atoms with Gasteiger partial charge in [0, 0.05) is 31.2 Å². The maximum absolute atomic E-state index is 12.0. The number of carboxylic acid groups (broad SMARTS) is 1. The fourth-order valence-corrected chi connectivity index (χ4v) is 1.92. The van der Waals surface area contributed by atoms with Gasteiger partial charge < -0.3 is 20.5 Å². The Labute approximate surface area is 141 Å². The van der Waals surface area contributed by atoms with Crippen molar-refractivity contribution in [2.24, 2.45) is 5.41 Å². The van der Waals surface area contributed by atoms with E-state index in [0.717, 1.165) is 0 Å². The number of methoxy groups -OCH3 is 1. The number of hydrogen-bond acceptors (Lipinski definition) is 4. The molecule has 2 amide bonds. The van der Waals surface area contributed by atoms with Crippen molar-refractivity contribution in [3.05, 3.63) is 29.3 Å². The molecule has 0 spiro atoms. The smallest absolute Gasteiger partial charge is 0.335 e. The summed E-state index contributed by atoms with van der Waals surface area (Å²) in [5.74, 6) is -1.53. The Morgan fingerprint density at radius 3 is 2.38 bits per heavy atom. The van der Waals surface area contributed by atoms with E-state index in [1.807, 2.05) is 0 Å². The lowest BCUT2D eigenvalue weighted by Crippen LogP contribution is -2.36. The Kier molecular flexibility index (Phi) is 6.91. The van der Waals surface area contributed by atoms with Crippen molar-refractivity contribution in [1.29, 1.82) is 0 Å². The van der Waals surface area contributed by atoms with E-state index in [0.29, 0.717) is 11.3 Å². The molecule has 132 valence electrons. The number of hydrogen-bond donors (Lipinski definition) is 3. The molecule has 0 saturated carbocycles. The summed E-state index contributed by atoms with van der Waals surface area (Å²) < 4.78 is 4.99. The summed E-state index contributed by atoms with van der Waals surface area (Å²) in [6, 6.07) is 4.53. The largest absolute Gasteiger partial charge is 0.478 e. The SMILES string of the molecule is COCc1cc(NC(=O)CCNC(=O)C(C)(C)C)cc(C(=O)O)c1. The maximum Gasteiger partial charge on any atom is 0.335 e. The third-order valence-corrected chi connectivity index (χ3v) is 3.15. The molecule has 0 saturated heterocycles. The van der Waals surface area contributed by atoms with Gasteiger partial charge in [-0.2, -0.15) is 0 Å². The van der Waals surface area contributed by atoms with Crippen LogP contribution in [-0.4, -0.2) is 36.5 Å². The first kappa shape index (κ1) is 19.6. The first-order valence-corrected chi connectivity index (χ1v) is 7.58. The Bertz CT molecular complexity index is 620. The quantitative estimate of drug-likeness (QED) is 0.706. The van der Waals surface area contributed by atoms with Gasteiger partial charge in [0.15, 0.2) is 0 Å².